The molecule has 0 amide bonds. The van der Waals surface area contributed by atoms with E-state index in [-0.39, 0.29) is 5.78 Å². The lowest BCUT2D eigenvalue weighted by molar-refractivity contribution is -0.116. The van der Waals surface area contributed by atoms with Crippen molar-refractivity contribution in [2.75, 3.05) is 13.2 Å². The Labute approximate surface area is 89.0 Å². The van der Waals surface area contributed by atoms with Crippen LogP contribution in [-0.2, 0) is 11.2 Å². The molecule has 15 heavy (non-hydrogen) atoms. The first-order valence-electron chi connectivity index (χ1n) is 5.06. The minimum atomic E-state index is 0.140. The summed E-state index contributed by atoms with van der Waals surface area (Å²) < 4.78 is 11.0. The van der Waals surface area contributed by atoms with Gasteiger partial charge in [0.1, 0.15) is 19.0 Å². The van der Waals surface area contributed by atoms with Crippen molar-refractivity contribution in [2.24, 2.45) is 0 Å². The van der Waals surface area contributed by atoms with Crippen molar-refractivity contribution in [3.8, 4) is 11.5 Å². The van der Waals surface area contributed by atoms with Crippen molar-refractivity contribution in [2.45, 2.75) is 20.3 Å². The molecular weight excluding hydrogens is 192 g/mol. The van der Waals surface area contributed by atoms with Gasteiger partial charge in [0, 0.05) is 12.0 Å². The Hall–Kier alpha value is -1.51. The molecule has 1 heterocycles. The van der Waals surface area contributed by atoms with Crippen LogP contribution in [0.4, 0.5) is 0 Å². The molecule has 2 rings (SSSR count). The van der Waals surface area contributed by atoms with Gasteiger partial charge in [-0.1, -0.05) is 6.07 Å². The van der Waals surface area contributed by atoms with Gasteiger partial charge in [-0.25, -0.2) is 0 Å². The fraction of sp³-hybridized carbons (Fsp3) is 0.417. The van der Waals surface area contributed by atoms with Gasteiger partial charge in [-0.2, -0.15) is 0 Å². The average molecular weight is 206 g/mol. The first-order chi connectivity index (χ1) is 7.18. The predicted molar refractivity (Wildman–Crippen MR) is 56.6 cm³/mol. The molecule has 0 aliphatic carbocycles. The Morgan fingerprint density at radius 2 is 2.07 bits per heavy atom. The number of ketones is 1. The standard InChI is InChI=1S/C12H14O3/c1-8-3-4-11-12(15-6-5-14-11)10(8)7-9(2)13/h3-4H,5-7H2,1-2H3. The van der Waals surface area contributed by atoms with Gasteiger partial charge in [-0.3, -0.25) is 4.79 Å². The molecule has 1 aliphatic rings. The van der Waals surface area contributed by atoms with E-state index in [1.165, 1.54) is 0 Å². The van der Waals surface area contributed by atoms with Gasteiger partial charge in [0.05, 0.1) is 0 Å². The fourth-order valence-electron chi connectivity index (χ4n) is 1.74. The second-order valence-corrected chi connectivity index (χ2v) is 3.76. The van der Waals surface area contributed by atoms with E-state index in [0.29, 0.717) is 19.6 Å². The highest BCUT2D eigenvalue weighted by Gasteiger charge is 2.18. The number of carbonyl (C=O) groups is 1. The largest absolute Gasteiger partial charge is 0.486 e. The van der Waals surface area contributed by atoms with Crippen molar-refractivity contribution in [1.29, 1.82) is 0 Å². The number of ether oxygens (including phenoxy) is 2. The quantitative estimate of drug-likeness (QED) is 0.741. The Kier molecular flexibility index (Phi) is 2.62. The van der Waals surface area contributed by atoms with Gasteiger partial charge >= 0.3 is 0 Å². The van der Waals surface area contributed by atoms with Crippen molar-refractivity contribution in [3.63, 3.8) is 0 Å². The number of carbonyl (C=O) groups excluding carboxylic acids is 1. The molecule has 3 heteroatoms. The summed E-state index contributed by atoms with van der Waals surface area (Å²) in [6, 6.07) is 3.86. The third kappa shape index (κ3) is 1.96. The summed E-state index contributed by atoms with van der Waals surface area (Å²) in [5.74, 6) is 1.64. The van der Waals surface area contributed by atoms with Crippen molar-refractivity contribution in [1.82, 2.24) is 0 Å². The molecule has 80 valence electrons. The van der Waals surface area contributed by atoms with Crippen molar-refractivity contribution in [3.05, 3.63) is 23.3 Å². The topological polar surface area (TPSA) is 35.5 Å². The lowest BCUT2D eigenvalue weighted by Crippen LogP contribution is -2.17. The number of fused-ring (bicyclic) bond motifs is 1. The van der Waals surface area contributed by atoms with Gasteiger partial charge in [0.2, 0.25) is 0 Å². The first kappa shape index (κ1) is 10.0. The van der Waals surface area contributed by atoms with Crippen LogP contribution in [0.5, 0.6) is 11.5 Å². The molecule has 0 atom stereocenters. The fourth-order valence-corrected chi connectivity index (χ4v) is 1.74. The molecule has 0 saturated heterocycles. The van der Waals surface area contributed by atoms with E-state index in [4.69, 9.17) is 9.47 Å². The number of Topliss-reactive ketones (excluding diaryl/α,β-unsaturated/α-hetero) is 1. The third-order valence-electron chi connectivity index (χ3n) is 2.47. The number of hydrogen-bond donors (Lipinski definition) is 0. The monoisotopic (exact) mass is 206 g/mol. The van der Waals surface area contributed by atoms with E-state index in [1.54, 1.807) is 6.92 Å². The Bertz CT molecular complexity index is 396. The van der Waals surface area contributed by atoms with E-state index in [1.807, 2.05) is 19.1 Å². The van der Waals surface area contributed by atoms with E-state index in [2.05, 4.69) is 0 Å². The molecule has 0 radical (unpaired) electrons. The molecule has 1 aromatic carbocycles. The van der Waals surface area contributed by atoms with Gasteiger partial charge in [-0.15, -0.1) is 0 Å². The minimum Gasteiger partial charge on any atom is -0.486 e. The number of rotatable bonds is 2. The molecule has 0 aromatic heterocycles. The van der Waals surface area contributed by atoms with E-state index < -0.39 is 0 Å². The molecule has 1 aromatic rings. The van der Waals surface area contributed by atoms with Crippen LogP contribution < -0.4 is 9.47 Å². The molecule has 0 bridgehead atoms. The molecule has 0 saturated carbocycles. The molecule has 0 spiro atoms. The SMILES string of the molecule is CC(=O)Cc1c(C)ccc2c1OCCO2. The summed E-state index contributed by atoms with van der Waals surface area (Å²) in [6.07, 6.45) is 0.415. The van der Waals surface area contributed by atoms with Gasteiger partial charge in [0.15, 0.2) is 11.5 Å². The van der Waals surface area contributed by atoms with E-state index >= 15 is 0 Å². The second kappa shape index (κ2) is 3.93. The molecule has 3 nitrogen and oxygen atoms in total. The predicted octanol–water partition coefficient (Wildman–Crippen LogP) is 1.90. The number of benzene rings is 1. The summed E-state index contributed by atoms with van der Waals surface area (Å²) in [4.78, 5) is 11.2. The van der Waals surface area contributed by atoms with Crippen LogP contribution in [0.25, 0.3) is 0 Å². The van der Waals surface area contributed by atoms with Gasteiger partial charge in [-0.05, 0) is 25.5 Å². The zero-order valence-electron chi connectivity index (χ0n) is 9.00. The third-order valence-corrected chi connectivity index (χ3v) is 2.47. The maximum Gasteiger partial charge on any atom is 0.165 e. The Morgan fingerprint density at radius 1 is 1.33 bits per heavy atom. The van der Waals surface area contributed by atoms with E-state index in [0.717, 1.165) is 22.6 Å². The smallest absolute Gasteiger partial charge is 0.165 e. The minimum absolute atomic E-state index is 0.140. The summed E-state index contributed by atoms with van der Waals surface area (Å²) in [5.41, 5.74) is 2.04. The maximum atomic E-state index is 11.2. The van der Waals surface area contributed by atoms with Crippen molar-refractivity contribution < 1.29 is 14.3 Å². The Morgan fingerprint density at radius 3 is 2.80 bits per heavy atom. The van der Waals surface area contributed by atoms with Crippen LogP contribution in [0.3, 0.4) is 0 Å². The van der Waals surface area contributed by atoms with Crippen LogP contribution in [0.1, 0.15) is 18.1 Å². The molecular formula is C12H14O3. The maximum absolute atomic E-state index is 11.2. The zero-order chi connectivity index (χ0) is 10.8. The number of aryl methyl sites for hydroxylation is 1. The molecule has 1 aliphatic heterocycles. The lowest BCUT2D eigenvalue weighted by Gasteiger charge is -2.22. The summed E-state index contributed by atoms with van der Waals surface area (Å²) >= 11 is 0. The first-order valence-corrected chi connectivity index (χ1v) is 5.06. The van der Waals surface area contributed by atoms with Gasteiger partial charge < -0.3 is 9.47 Å². The van der Waals surface area contributed by atoms with Crippen LogP contribution in [0, 0.1) is 6.92 Å². The highest BCUT2D eigenvalue weighted by Crippen LogP contribution is 2.35. The average Bonchev–Trinajstić information content (AvgIpc) is 2.22. The summed E-state index contributed by atoms with van der Waals surface area (Å²) in [7, 11) is 0. The second-order valence-electron chi connectivity index (χ2n) is 3.76. The normalized spacial score (nSPS) is 13.7. The van der Waals surface area contributed by atoms with Gasteiger partial charge in [0.25, 0.3) is 0 Å². The van der Waals surface area contributed by atoms with Crippen molar-refractivity contribution >= 4 is 5.78 Å². The summed E-state index contributed by atoms with van der Waals surface area (Å²) in [6.45, 7) is 4.70. The Balaban J connectivity index is 2.45. The van der Waals surface area contributed by atoms with Crippen LogP contribution in [-0.4, -0.2) is 19.0 Å². The lowest BCUT2D eigenvalue weighted by atomic mass is 10.0. The van der Waals surface area contributed by atoms with Crippen LogP contribution in [0.15, 0.2) is 12.1 Å². The molecule has 0 N–H and O–H groups in total. The van der Waals surface area contributed by atoms with E-state index in [9.17, 15) is 4.79 Å². The van der Waals surface area contributed by atoms with Crippen LogP contribution in [0.2, 0.25) is 0 Å². The number of hydrogen-bond acceptors (Lipinski definition) is 3. The highest BCUT2D eigenvalue weighted by atomic mass is 16.6. The molecule has 0 unspecified atom stereocenters. The zero-order valence-corrected chi connectivity index (χ0v) is 9.00. The highest BCUT2D eigenvalue weighted by molar-refractivity contribution is 5.80. The molecule has 0 fully saturated rings. The van der Waals surface area contributed by atoms with Crippen LogP contribution >= 0.6 is 0 Å². The summed E-state index contributed by atoms with van der Waals surface area (Å²) in [5, 5.41) is 0.